The Morgan fingerprint density at radius 1 is 1.22 bits per heavy atom. The van der Waals surface area contributed by atoms with E-state index < -0.39 is 0 Å². The van der Waals surface area contributed by atoms with Gasteiger partial charge in [0.15, 0.2) is 5.96 Å². The number of carbonyl (C=O) groups excluding carboxylic acids is 1. The number of aryl methyl sites for hydroxylation is 1. The molecule has 0 spiro atoms. The molecule has 1 heterocycles. The minimum Gasteiger partial charge on any atom is -0.356 e. The highest BCUT2D eigenvalue weighted by molar-refractivity contribution is 14.0. The van der Waals surface area contributed by atoms with Crippen LogP contribution in [0.2, 0.25) is 0 Å². The Balaban J connectivity index is 0.00000484. The van der Waals surface area contributed by atoms with Crippen LogP contribution < -0.4 is 16.0 Å². The van der Waals surface area contributed by atoms with Crippen LogP contribution in [-0.4, -0.2) is 43.5 Å². The normalized spacial score (nSPS) is 11.6. The van der Waals surface area contributed by atoms with E-state index in [-0.39, 0.29) is 35.3 Å². The van der Waals surface area contributed by atoms with Crippen molar-refractivity contribution in [3.63, 3.8) is 0 Å². The molecule has 0 unspecified atom stereocenters. The third kappa shape index (κ3) is 9.09. The third-order valence-corrected chi connectivity index (χ3v) is 3.88. The molecule has 0 aliphatic carbocycles. The van der Waals surface area contributed by atoms with Gasteiger partial charge >= 0.3 is 0 Å². The predicted octanol–water partition coefficient (Wildman–Crippen LogP) is 1.94. The Hall–Kier alpha value is -0.900. The molecule has 3 N–H and O–H groups in total. The maximum atomic E-state index is 11.7. The third-order valence-electron chi connectivity index (χ3n) is 2.91. The van der Waals surface area contributed by atoms with Crippen LogP contribution in [0.3, 0.4) is 0 Å². The van der Waals surface area contributed by atoms with Crippen molar-refractivity contribution < 1.29 is 4.79 Å². The van der Waals surface area contributed by atoms with Crippen molar-refractivity contribution in [1.82, 2.24) is 20.9 Å². The van der Waals surface area contributed by atoms with Gasteiger partial charge in [0.25, 0.3) is 0 Å². The molecule has 6 nitrogen and oxygen atoms in total. The Bertz CT molecular complexity index is 510. The van der Waals surface area contributed by atoms with Crippen LogP contribution in [0.1, 0.15) is 30.7 Å². The lowest BCUT2D eigenvalue weighted by molar-refractivity contribution is -0.128. The van der Waals surface area contributed by atoms with Crippen LogP contribution in [0.5, 0.6) is 0 Å². The number of halogens is 1. The van der Waals surface area contributed by atoms with E-state index >= 15 is 0 Å². The predicted molar refractivity (Wildman–Crippen MR) is 108 cm³/mol. The Morgan fingerprint density at radius 3 is 2.35 bits per heavy atom. The summed E-state index contributed by atoms with van der Waals surface area (Å²) in [5.41, 5.74) is -0.355. The number of nitrogens with one attached hydrogen (secondary N) is 3. The van der Waals surface area contributed by atoms with Crippen molar-refractivity contribution in [2.75, 3.05) is 26.7 Å². The van der Waals surface area contributed by atoms with Crippen molar-refractivity contribution in [2.45, 2.75) is 34.1 Å². The molecule has 1 rings (SSSR count). The van der Waals surface area contributed by atoms with Gasteiger partial charge < -0.3 is 16.0 Å². The zero-order valence-corrected chi connectivity index (χ0v) is 17.7. The number of thiazole rings is 1. The van der Waals surface area contributed by atoms with Gasteiger partial charge in [-0.2, -0.15) is 0 Å². The zero-order chi connectivity index (χ0) is 16.6. The number of aliphatic imine (C=N–C) groups is 1. The minimum atomic E-state index is -0.355. The summed E-state index contributed by atoms with van der Waals surface area (Å²) in [6.45, 7) is 9.74. The van der Waals surface area contributed by atoms with Crippen molar-refractivity contribution in [1.29, 1.82) is 0 Å². The van der Waals surface area contributed by atoms with Crippen molar-refractivity contribution >= 4 is 47.2 Å². The van der Waals surface area contributed by atoms with Gasteiger partial charge in [-0.25, -0.2) is 4.98 Å². The number of rotatable bonds is 6. The molecule has 1 amide bonds. The molecular weight excluding hydrogens is 425 g/mol. The number of aromatic nitrogens is 1. The number of amides is 1. The fourth-order valence-corrected chi connectivity index (χ4v) is 2.43. The molecule has 0 fully saturated rings. The van der Waals surface area contributed by atoms with E-state index in [1.54, 1.807) is 18.4 Å². The second kappa shape index (κ2) is 10.8. The monoisotopic (exact) mass is 453 g/mol. The van der Waals surface area contributed by atoms with Crippen molar-refractivity contribution in [2.24, 2.45) is 10.4 Å². The average molecular weight is 453 g/mol. The molecule has 0 saturated heterocycles. The van der Waals surface area contributed by atoms with Gasteiger partial charge in [-0.05, 0) is 6.92 Å². The molecule has 0 aromatic carbocycles. The van der Waals surface area contributed by atoms with Gasteiger partial charge in [0.1, 0.15) is 0 Å². The standard InChI is InChI=1S/C15H27N5OS.HI/c1-11-10-20-12(22-11)6-7-18-14(16-5)19-9-8-17-13(21)15(2,3)4;/h10H,6-9H2,1-5H3,(H,17,21)(H2,16,18,19);1H. The summed E-state index contributed by atoms with van der Waals surface area (Å²) in [4.78, 5) is 21.4. The minimum absolute atomic E-state index is 0. The van der Waals surface area contributed by atoms with E-state index in [4.69, 9.17) is 0 Å². The van der Waals surface area contributed by atoms with Crippen molar-refractivity contribution in [3.8, 4) is 0 Å². The molecule has 0 aliphatic heterocycles. The van der Waals surface area contributed by atoms with E-state index in [2.05, 4.69) is 32.9 Å². The number of guanidine groups is 1. The van der Waals surface area contributed by atoms with Gasteiger partial charge in [0, 0.05) is 49.6 Å². The average Bonchev–Trinajstić information content (AvgIpc) is 2.85. The molecule has 0 aliphatic rings. The molecule has 0 bridgehead atoms. The first-order valence-corrected chi connectivity index (χ1v) is 8.28. The maximum Gasteiger partial charge on any atom is 0.225 e. The number of nitrogens with zero attached hydrogens (tertiary/aromatic N) is 2. The molecular formula is C15H28IN5OS. The number of carbonyl (C=O) groups is 1. The molecule has 0 saturated carbocycles. The quantitative estimate of drug-likeness (QED) is 0.266. The first-order chi connectivity index (χ1) is 10.3. The summed E-state index contributed by atoms with van der Waals surface area (Å²) >= 11 is 1.72. The molecule has 8 heteroatoms. The van der Waals surface area contributed by atoms with Crippen LogP contribution in [0.4, 0.5) is 0 Å². The molecule has 0 atom stereocenters. The van der Waals surface area contributed by atoms with E-state index in [0.717, 1.165) is 23.9 Å². The van der Waals surface area contributed by atoms with E-state index in [1.807, 2.05) is 27.0 Å². The Morgan fingerprint density at radius 2 is 1.83 bits per heavy atom. The van der Waals surface area contributed by atoms with Crippen LogP contribution in [0.15, 0.2) is 11.2 Å². The lowest BCUT2D eigenvalue weighted by Gasteiger charge is -2.18. The first kappa shape index (κ1) is 22.1. The number of hydrogen-bond donors (Lipinski definition) is 3. The number of hydrogen-bond acceptors (Lipinski definition) is 4. The molecule has 1 aromatic heterocycles. The smallest absolute Gasteiger partial charge is 0.225 e. The molecule has 0 radical (unpaired) electrons. The highest BCUT2D eigenvalue weighted by Crippen LogP contribution is 2.12. The maximum absolute atomic E-state index is 11.7. The van der Waals surface area contributed by atoms with Crippen LogP contribution in [0, 0.1) is 12.3 Å². The van der Waals surface area contributed by atoms with E-state index in [9.17, 15) is 4.79 Å². The van der Waals surface area contributed by atoms with E-state index in [1.165, 1.54) is 4.88 Å². The van der Waals surface area contributed by atoms with E-state index in [0.29, 0.717) is 13.1 Å². The zero-order valence-electron chi connectivity index (χ0n) is 14.5. The Kier molecular flexibility index (Phi) is 10.4. The summed E-state index contributed by atoms with van der Waals surface area (Å²) in [6, 6.07) is 0. The van der Waals surface area contributed by atoms with Gasteiger partial charge in [0.2, 0.25) is 5.91 Å². The lowest BCUT2D eigenvalue weighted by atomic mass is 9.96. The summed E-state index contributed by atoms with van der Waals surface area (Å²) in [5, 5.41) is 10.4. The topological polar surface area (TPSA) is 78.4 Å². The van der Waals surface area contributed by atoms with Gasteiger partial charge in [0.05, 0.1) is 5.01 Å². The lowest BCUT2D eigenvalue weighted by Crippen LogP contribution is -2.43. The second-order valence-corrected chi connectivity index (χ2v) is 7.37. The van der Waals surface area contributed by atoms with Crippen molar-refractivity contribution in [3.05, 3.63) is 16.1 Å². The van der Waals surface area contributed by atoms with Gasteiger partial charge in [-0.15, -0.1) is 35.3 Å². The van der Waals surface area contributed by atoms with Gasteiger partial charge in [-0.3, -0.25) is 9.79 Å². The second-order valence-electron chi connectivity index (χ2n) is 6.05. The van der Waals surface area contributed by atoms with Crippen LogP contribution in [0.25, 0.3) is 0 Å². The molecule has 1 aromatic rings. The first-order valence-electron chi connectivity index (χ1n) is 7.47. The molecule has 132 valence electrons. The van der Waals surface area contributed by atoms with Crippen LogP contribution in [-0.2, 0) is 11.2 Å². The summed E-state index contributed by atoms with van der Waals surface area (Å²) in [5.74, 6) is 0.787. The fourth-order valence-electron chi connectivity index (χ4n) is 1.65. The molecule has 23 heavy (non-hydrogen) atoms. The van der Waals surface area contributed by atoms with Gasteiger partial charge in [-0.1, -0.05) is 20.8 Å². The summed E-state index contributed by atoms with van der Waals surface area (Å²) in [6.07, 6.45) is 2.77. The highest BCUT2D eigenvalue weighted by Gasteiger charge is 2.20. The fraction of sp³-hybridized carbons (Fsp3) is 0.667. The van der Waals surface area contributed by atoms with Crippen LogP contribution >= 0.6 is 35.3 Å². The summed E-state index contributed by atoms with van der Waals surface area (Å²) < 4.78 is 0. The largest absolute Gasteiger partial charge is 0.356 e. The SMILES string of the molecule is CN=C(NCCNC(=O)C(C)(C)C)NCCc1ncc(C)s1.I. The highest BCUT2D eigenvalue weighted by atomic mass is 127. The summed E-state index contributed by atoms with van der Waals surface area (Å²) in [7, 11) is 1.73. The Labute approximate surface area is 160 Å².